The molecule has 5 rings (SSSR count). The monoisotopic (exact) mass is 380 g/mol. The molecule has 0 spiro atoms. The first-order valence-corrected chi connectivity index (χ1v) is 9.80. The van der Waals surface area contributed by atoms with Gasteiger partial charge in [-0.3, -0.25) is 9.89 Å². The van der Waals surface area contributed by atoms with Crippen molar-refractivity contribution in [2.24, 2.45) is 0 Å². The Hall–Kier alpha value is -2.90. The molecule has 28 heavy (non-hydrogen) atoms. The van der Waals surface area contributed by atoms with Gasteiger partial charge in [-0.15, -0.1) is 0 Å². The largest absolute Gasteiger partial charge is 0.442 e. The molecule has 2 aliphatic carbocycles. The predicted molar refractivity (Wildman–Crippen MR) is 105 cm³/mol. The highest BCUT2D eigenvalue weighted by Crippen LogP contribution is 2.41. The van der Waals surface area contributed by atoms with Crippen LogP contribution in [-0.2, 0) is 6.42 Å². The van der Waals surface area contributed by atoms with E-state index in [4.69, 9.17) is 9.40 Å². The molecule has 8 heteroatoms. The maximum absolute atomic E-state index is 12.4. The highest BCUT2D eigenvalue weighted by Gasteiger charge is 2.39. The molecule has 2 saturated carbocycles. The molecule has 3 N–H and O–H groups in total. The van der Waals surface area contributed by atoms with Crippen LogP contribution in [0.2, 0.25) is 0 Å². The first-order chi connectivity index (χ1) is 13.5. The number of carbonyl (C=O) groups excluding carboxylic acids is 1. The molecule has 0 aromatic carbocycles. The van der Waals surface area contributed by atoms with Crippen molar-refractivity contribution >= 4 is 22.8 Å². The van der Waals surface area contributed by atoms with Crippen LogP contribution in [0.3, 0.4) is 0 Å². The van der Waals surface area contributed by atoms with Crippen molar-refractivity contribution < 1.29 is 9.21 Å². The average Bonchev–Trinajstić information content (AvgIpc) is 3.56. The Morgan fingerprint density at radius 3 is 2.82 bits per heavy atom. The number of furan rings is 1. The number of aryl methyl sites for hydroxylation is 1. The summed E-state index contributed by atoms with van der Waals surface area (Å²) in [6.07, 6.45) is 5.11. The number of hydrogen-bond acceptors (Lipinski definition) is 6. The zero-order valence-electron chi connectivity index (χ0n) is 16.3. The summed E-state index contributed by atoms with van der Waals surface area (Å²) in [5.41, 5.74) is 3.04. The molecule has 0 bridgehead atoms. The molecule has 8 nitrogen and oxygen atoms in total. The molecule has 0 radical (unpaired) electrons. The Labute approximate surface area is 162 Å². The number of amides is 1. The van der Waals surface area contributed by atoms with Crippen LogP contribution in [0.25, 0.3) is 11.1 Å². The number of fused-ring (bicyclic) bond motifs is 1. The van der Waals surface area contributed by atoms with Crippen LogP contribution in [0, 0.1) is 6.92 Å². The van der Waals surface area contributed by atoms with Gasteiger partial charge in [-0.1, -0.05) is 0 Å². The second-order valence-electron chi connectivity index (χ2n) is 8.23. The molecule has 0 atom stereocenters. The zero-order chi connectivity index (χ0) is 19.5. The molecule has 0 aliphatic heterocycles. The van der Waals surface area contributed by atoms with Gasteiger partial charge >= 0.3 is 0 Å². The number of H-pyrrole nitrogens is 1. The first kappa shape index (κ1) is 17.2. The third-order valence-corrected chi connectivity index (χ3v) is 5.66. The summed E-state index contributed by atoms with van der Waals surface area (Å²) in [5.74, 6) is 2.26. The van der Waals surface area contributed by atoms with Crippen LogP contribution in [0.15, 0.2) is 10.5 Å². The lowest BCUT2D eigenvalue weighted by molar-refractivity contribution is 0.0963. The van der Waals surface area contributed by atoms with Gasteiger partial charge in [-0.2, -0.15) is 10.1 Å². The van der Waals surface area contributed by atoms with Crippen molar-refractivity contribution in [3.05, 3.63) is 34.6 Å². The second-order valence-corrected chi connectivity index (χ2v) is 8.23. The fraction of sp³-hybridized carbons (Fsp3) is 0.500. The van der Waals surface area contributed by atoms with Gasteiger partial charge < -0.3 is 15.1 Å². The number of rotatable bonds is 6. The Bertz CT molecular complexity index is 1070. The minimum Gasteiger partial charge on any atom is -0.442 e. The van der Waals surface area contributed by atoms with Crippen LogP contribution >= 0.6 is 0 Å². The first-order valence-electron chi connectivity index (χ1n) is 9.80. The standard InChI is InChI=1S/C20H24N6O2/c1-10-15(18(27)21-3)16-17(24-20(2)6-7-20)22-14(23-19(16)28-10)9-12-8-13(26-25-12)11-4-5-11/h8,11H,4-7,9H2,1-3H3,(H,21,27)(H,25,26)(H,22,23,24). The minimum atomic E-state index is -0.196. The minimum absolute atomic E-state index is 0.00909. The van der Waals surface area contributed by atoms with Crippen LogP contribution in [0.1, 0.15) is 71.9 Å². The van der Waals surface area contributed by atoms with E-state index in [9.17, 15) is 4.79 Å². The lowest BCUT2D eigenvalue weighted by Gasteiger charge is -2.14. The van der Waals surface area contributed by atoms with Crippen molar-refractivity contribution in [1.82, 2.24) is 25.5 Å². The molecule has 2 aliphatic rings. The van der Waals surface area contributed by atoms with Gasteiger partial charge in [-0.05, 0) is 45.6 Å². The molecule has 3 aromatic rings. The van der Waals surface area contributed by atoms with Crippen molar-refractivity contribution in [3.8, 4) is 0 Å². The summed E-state index contributed by atoms with van der Waals surface area (Å²) in [6, 6.07) is 2.10. The average molecular weight is 380 g/mol. The summed E-state index contributed by atoms with van der Waals surface area (Å²) in [4.78, 5) is 21.8. The van der Waals surface area contributed by atoms with E-state index in [1.807, 2.05) is 0 Å². The van der Waals surface area contributed by atoms with Crippen LogP contribution in [0.4, 0.5) is 5.82 Å². The van der Waals surface area contributed by atoms with E-state index < -0.39 is 0 Å². The summed E-state index contributed by atoms with van der Waals surface area (Å²) in [5, 5.41) is 14.4. The molecular formula is C20H24N6O2. The normalized spacial score (nSPS) is 17.7. The predicted octanol–water partition coefficient (Wildman–Crippen LogP) is 3.05. The molecule has 3 aromatic heterocycles. The second kappa shape index (κ2) is 6.05. The number of aromatic amines is 1. The van der Waals surface area contributed by atoms with Crippen molar-refractivity contribution in [3.63, 3.8) is 0 Å². The van der Waals surface area contributed by atoms with Crippen LogP contribution in [0.5, 0.6) is 0 Å². The van der Waals surface area contributed by atoms with E-state index in [1.165, 1.54) is 18.5 Å². The van der Waals surface area contributed by atoms with E-state index in [2.05, 4.69) is 38.8 Å². The quantitative estimate of drug-likeness (QED) is 0.606. The van der Waals surface area contributed by atoms with Crippen LogP contribution in [-0.4, -0.2) is 38.7 Å². The zero-order valence-corrected chi connectivity index (χ0v) is 16.3. The third kappa shape index (κ3) is 3.02. The number of aromatic nitrogens is 4. The van der Waals surface area contributed by atoms with Crippen molar-refractivity contribution in [2.75, 3.05) is 12.4 Å². The topological polar surface area (TPSA) is 109 Å². The molecule has 2 fully saturated rings. The summed E-state index contributed by atoms with van der Waals surface area (Å²) < 4.78 is 5.85. The van der Waals surface area contributed by atoms with Crippen LogP contribution < -0.4 is 10.6 Å². The fourth-order valence-electron chi connectivity index (χ4n) is 3.56. The van der Waals surface area contributed by atoms with E-state index in [0.717, 1.165) is 18.5 Å². The van der Waals surface area contributed by atoms with Gasteiger partial charge in [0, 0.05) is 24.2 Å². The highest BCUT2D eigenvalue weighted by molar-refractivity contribution is 6.10. The molecule has 3 heterocycles. The number of carbonyl (C=O) groups is 1. The molecular weight excluding hydrogens is 356 g/mol. The maximum Gasteiger partial charge on any atom is 0.255 e. The summed E-state index contributed by atoms with van der Waals surface area (Å²) >= 11 is 0. The third-order valence-electron chi connectivity index (χ3n) is 5.66. The SMILES string of the molecule is CNC(=O)c1c(C)oc2nc(Cc3cc(C4CC4)[nH]n3)nc(NC3(C)CC3)c12. The van der Waals surface area contributed by atoms with E-state index in [1.54, 1.807) is 14.0 Å². The van der Waals surface area contributed by atoms with Gasteiger partial charge in [-0.25, -0.2) is 4.98 Å². The smallest absolute Gasteiger partial charge is 0.255 e. The van der Waals surface area contributed by atoms with E-state index >= 15 is 0 Å². The van der Waals surface area contributed by atoms with Gasteiger partial charge in [0.25, 0.3) is 5.91 Å². The Morgan fingerprint density at radius 2 is 2.14 bits per heavy atom. The fourth-order valence-corrected chi connectivity index (χ4v) is 3.56. The van der Waals surface area contributed by atoms with Gasteiger partial charge in [0.1, 0.15) is 17.4 Å². The molecule has 0 saturated heterocycles. The lowest BCUT2D eigenvalue weighted by atomic mass is 10.1. The maximum atomic E-state index is 12.4. The van der Waals surface area contributed by atoms with Gasteiger partial charge in [0.15, 0.2) is 0 Å². The number of nitrogens with one attached hydrogen (secondary N) is 3. The molecule has 0 unspecified atom stereocenters. The summed E-state index contributed by atoms with van der Waals surface area (Å²) in [6.45, 7) is 3.94. The Kier molecular flexibility index (Phi) is 3.72. The van der Waals surface area contributed by atoms with Gasteiger partial charge in [0.2, 0.25) is 5.71 Å². The summed E-state index contributed by atoms with van der Waals surface area (Å²) in [7, 11) is 1.61. The highest BCUT2D eigenvalue weighted by atomic mass is 16.3. The molecule has 1 amide bonds. The number of hydrogen-bond donors (Lipinski definition) is 3. The van der Waals surface area contributed by atoms with E-state index in [-0.39, 0.29) is 11.4 Å². The van der Waals surface area contributed by atoms with E-state index in [0.29, 0.717) is 46.4 Å². The van der Waals surface area contributed by atoms with Crippen molar-refractivity contribution in [1.29, 1.82) is 0 Å². The van der Waals surface area contributed by atoms with Gasteiger partial charge in [0.05, 0.1) is 23.1 Å². The lowest BCUT2D eigenvalue weighted by Crippen LogP contribution is -2.21. The molecule has 146 valence electrons. The number of anilines is 1. The Balaban J connectivity index is 1.57. The Morgan fingerprint density at radius 1 is 1.36 bits per heavy atom. The van der Waals surface area contributed by atoms with Crippen molar-refractivity contribution in [2.45, 2.75) is 57.4 Å². The number of nitrogens with zero attached hydrogens (tertiary/aromatic N) is 3.